The molecule has 5 N–H and O–H groups in total. The first-order valence-electron chi connectivity index (χ1n) is 12.9. The van der Waals surface area contributed by atoms with E-state index in [9.17, 15) is 29.4 Å². The number of aromatic hydroxyl groups is 1. The Morgan fingerprint density at radius 3 is 2.28 bits per heavy atom. The first-order valence-corrected chi connectivity index (χ1v) is 14.1. The number of hydrogen-bond donors (Lipinski definition) is 5. The lowest BCUT2D eigenvalue weighted by atomic mass is 10.1. The number of benzene rings is 4. The van der Waals surface area contributed by atoms with E-state index >= 15 is 0 Å². The number of carboxylic acid groups (broad SMARTS) is 1. The third kappa shape index (κ3) is 8.71. The number of carbonyl (C=O) groups is 4. The number of carboxylic acids is 1. The maximum atomic E-state index is 13.4. The van der Waals surface area contributed by atoms with Gasteiger partial charge in [-0.05, 0) is 79.2 Å². The highest BCUT2D eigenvalue weighted by atomic mass is 35.5. The van der Waals surface area contributed by atoms with E-state index in [-0.39, 0.29) is 16.9 Å². The van der Waals surface area contributed by atoms with E-state index in [4.69, 9.17) is 11.6 Å². The number of amides is 3. The van der Waals surface area contributed by atoms with Crippen molar-refractivity contribution >= 4 is 64.5 Å². The van der Waals surface area contributed by atoms with Crippen LogP contribution in [0.1, 0.15) is 33.2 Å². The number of anilines is 2. The van der Waals surface area contributed by atoms with Gasteiger partial charge in [0, 0.05) is 26.9 Å². The number of thioether (sulfide) groups is 1. The van der Waals surface area contributed by atoms with Crippen molar-refractivity contribution in [3.05, 3.63) is 124 Å². The van der Waals surface area contributed by atoms with E-state index in [1.807, 2.05) is 0 Å². The van der Waals surface area contributed by atoms with Gasteiger partial charge in [-0.25, -0.2) is 4.79 Å². The van der Waals surface area contributed by atoms with Crippen LogP contribution in [0.5, 0.6) is 5.75 Å². The van der Waals surface area contributed by atoms with E-state index in [1.54, 1.807) is 85.8 Å². The molecule has 4 rings (SSSR count). The van der Waals surface area contributed by atoms with Gasteiger partial charge in [-0.3, -0.25) is 14.4 Å². The van der Waals surface area contributed by atoms with Crippen LogP contribution in [0.15, 0.2) is 108 Å². The molecular formula is C32H26ClN3O6S. The lowest BCUT2D eigenvalue weighted by molar-refractivity contribution is -0.115. The monoisotopic (exact) mass is 615 g/mol. The van der Waals surface area contributed by atoms with Gasteiger partial charge in [-0.2, -0.15) is 0 Å². The van der Waals surface area contributed by atoms with Crippen LogP contribution in [0.25, 0.3) is 6.08 Å². The van der Waals surface area contributed by atoms with Crippen LogP contribution in [0.2, 0.25) is 5.02 Å². The Hall–Kier alpha value is -5.06. The molecule has 0 aliphatic rings. The molecule has 0 bridgehead atoms. The molecule has 43 heavy (non-hydrogen) atoms. The predicted octanol–water partition coefficient (Wildman–Crippen LogP) is 6.27. The van der Waals surface area contributed by atoms with Crippen molar-refractivity contribution in [2.24, 2.45) is 0 Å². The molecule has 0 fully saturated rings. The van der Waals surface area contributed by atoms with E-state index in [1.165, 1.54) is 36.0 Å². The summed E-state index contributed by atoms with van der Waals surface area (Å²) in [4.78, 5) is 50.9. The van der Waals surface area contributed by atoms with Crippen molar-refractivity contribution in [1.29, 1.82) is 0 Å². The zero-order chi connectivity index (χ0) is 30.9. The Labute approximate surface area is 256 Å². The third-order valence-corrected chi connectivity index (χ3v) is 7.29. The maximum Gasteiger partial charge on any atom is 0.339 e. The number of carbonyl (C=O) groups excluding carboxylic acids is 3. The Kier molecular flexibility index (Phi) is 10.2. The number of aromatic carboxylic acids is 1. The van der Waals surface area contributed by atoms with Crippen LogP contribution in [-0.2, 0) is 9.59 Å². The van der Waals surface area contributed by atoms with Crippen LogP contribution in [0.4, 0.5) is 11.4 Å². The number of rotatable bonds is 10. The molecule has 0 radical (unpaired) electrons. The van der Waals surface area contributed by atoms with Gasteiger partial charge >= 0.3 is 5.97 Å². The molecule has 0 spiro atoms. The fourth-order valence-corrected chi connectivity index (χ4v) is 4.96. The molecule has 0 heterocycles. The first kappa shape index (κ1) is 30.9. The molecule has 0 saturated heterocycles. The van der Waals surface area contributed by atoms with Crippen LogP contribution in [-0.4, -0.2) is 39.2 Å². The zero-order valence-electron chi connectivity index (χ0n) is 22.7. The van der Waals surface area contributed by atoms with Crippen molar-refractivity contribution in [1.82, 2.24) is 5.32 Å². The smallest absolute Gasteiger partial charge is 0.339 e. The minimum Gasteiger partial charge on any atom is -0.507 e. The van der Waals surface area contributed by atoms with Gasteiger partial charge in [-0.1, -0.05) is 48.0 Å². The Bertz CT molecular complexity index is 1710. The maximum absolute atomic E-state index is 13.4. The summed E-state index contributed by atoms with van der Waals surface area (Å²) >= 11 is 7.33. The number of hydrogen-bond acceptors (Lipinski definition) is 6. The van der Waals surface area contributed by atoms with Crippen LogP contribution < -0.4 is 16.0 Å². The highest BCUT2D eigenvalue weighted by molar-refractivity contribution is 8.00. The number of nitrogens with one attached hydrogen (secondary N) is 3. The summed E-state index contributed by atoms with van der Waals surface area (Å²) in [5.74, 6) is -3.15. The summed E-state index contributed by atoms with van der Waals surface area (Å²) < 4.78 is 0. The summed E-state index contributed by atoms with van der Waals surface area (Å²) in [7, 11) is 0. The van der Waals surface area contributed by atoms with Gasteiger partial charge in [-0.15, -0.1) is 11.8 Å². The minimum atomic E-state index is -1.32. The van der Waals surface area contributed by atoms with Gasteiger partial charge in [0.25, 0.3) is 11.8 Å². The predicted molar refractivity (Wildman–Crippen MR) is 167 cm³/mol. The number of halogens is 1. The first-order chi connectivity index (χ1) is 20.6. The SMILES string of the molecule is CC(Sc1cccc(NC(=O)/C(=C/c2cccc(Cl)c2)NC(=O)c2ccccc2)c1)C(=O)Nc1ccc(O)c(C(=O)O)c1. The quantitative estimate of drug-likeness (QED) is 0.0803. The molecule has 4 aromatic rings. The molecule has 0 aliphatic heterocycles. The van der Waals surface area contributed by atoms with Crippen molar-refractivity contribution in [3.63, 3.8) is 0 Å². The molecule has 0 aromatic heterocycles. The second kappa shape index (κ2) is 14.2. The molecule has 0 saturated carbocycles. The highest BCUT2D eigenvalue weighted by Crippen LogP contribution is 2.28. The van der Waals surface area contributed by atoms with Crippen LogP contribution in [0.3, 0.4) is 0 Å². The van der Waals surface area contributed by atoms with Crippen LogP contribution in [0, 0.1) is 0 Å². The standard InChI is InChI=1S/C32H26ClN3O6S/c1-19(29(38)34-24-13-14-28(37)26(18-24)32(41)42)43-25-12-6-11-23(17-25)35-31(40)27(16-20-7-5-10-22(33)15-20)36-30(39)21-8-3-2-4-9-21/h2-19,37H,1H3,(H,34,38)(H,35,40)(H,36,39)(H,41,42)/b27-16-. The van der Waals surface area contributed by atoms with E-state index < -0.39 is 34.7 Å². The molecule has 4 aromatic carbocycles. The topological polar surface area (TPSA) is 145 Å². The molecule has 218 valence electrons. The molecular weight excluding hydrogens is 590 g/mol. The van der Waals surface area contributed by atoms with Crippen molar-refractivity contribution < 1.29 is 29.4 Å². The Balaban J connectivity index is 1.47. The molecule has 0 aliphatic carbocycles. The molecule has 1 atom stereocenters. The summed E-state index contributed by atoms with van der Waals surface area (Å²) in [5, 5.41) is 26.9. The van der Waals surface area contributed by atoms with Crippen molar-refractivity contribution in [2.75, 3.05) is 10.6 Å². The zero-order valence-corrected chi connectivity index (χ0v) is 24.3. The van der Waals surface area contributed by atoms with Gasteiger partial charge in [0.1, 0.15) is 17.0 Å². The fourth-order valence-electron chi connectivity index (χ4n) is 3.84. The summed E-state index contributed by atoms with van der Waals surface area (Å²) in [6.45, 7) is 1.68. The Morgan fingerprint density at radius 1 is 0.837 bits per heavy atom. The van der Waals surface area contributed by atoms with Gasteiger partial charge < -0.3 is 26.2 Å². The highest BCUT2D eigenvalue weighted by Gasteiger charge is 2.18. The summed E-state index contributed by atoms with van der Waals surface area (Å²) in [6.07, 6.45) is 1.52. The normalized spacial score (nSPS) is 11.7. The minimum absolute atomic E-state index is 0.00319. The van der Waals surface area contributed by atoms with Crippen molar-refractivity contribution in [2.45, 2.75) is 17.1 Å². The lowest BCUT2D eigenvalue weighted by Crippen LogP contribution is -2.30. The van der Waals surface area contributed by atoms with E-state index in [2.05, 4.69) is 16.0 Å². The number of phenols is 1. The molecule has 3 amide bonds. The summed E-state index contributed by atoms with van der Waals surface area (Å²) in [6, 6.07) is 25.9. The van der Waals surface area contributed by atoms with Crippen molar-refractivity contribution in [3.8, 4) is 5.75 Å². The average Bonchev–Trinajstić information content (AvgIpc) is 2.98. The van der Waals surface area contributed by atoms with E-state index in [0.29, 0.717) is 26.7 Å². The lowest BCUT2D eigenvalue weighted by Gasteiger charge is -2.14. The third-order valence-electron chi connectivity index (χ3n) is 5.96. The van der Waals surface area contributed by atoms with Crippen LogP contribution >= 0.6 is 23.4 Å². The van der Waals surface area contributed by atoms with Gasteiger partial charge in [0.05, 0.1) is 5.25 Å². The molecule has 9 nitrogen and oxygen atoms in total. The Morgan fingerprint density at radius 2 is 1.56 bits per heavy atom. The fraction of sp³-hybridized carbons (Fsp3) is 0.0625. The van der Waals surface area contributed by atoms with Gasteiger partial charge in [0.15, 0.2) is 0 Å². The molecule has 11 heteroatoms. The largest absolute Gasteiger partial charge is 0.507 e. The molecule has 1 unspecified atom stereocenters. The van der Waals surface area contributed by atoms with Gasteiger partial charge in [0.2, 0.25) is 5.91 Å². The average molecular weight is 616 g/mol. The summed E-state index contributed by atoms with van der Waals surface area (Å²) in [5.41, 5.74) is 1.31. The van der Waals surface area contributed by atoms with E-state index in [0.717, 1.165) is 0 Å². The second-order valence-electron chi connectivity index (χ2n) is 9.20. The second-order valence-corrected chi connectivity index (χ2v) is 11.1.